The molecule has 3 aliphatic heterocycles. The van der Waals surface area contributed by atoms with Gasteiger partial charge in [-0.1, -0.05) is 146 Å². The molecule has 0 fully saturated rings. The van der Waals surface area contributed by atoms with Crippen LogP contribution in [-0.4, -0.2) is 60.5 Å². The van der Waals surface area contributed by atoms with Crippen molar-refractivity contribution in [3.63, 3.8) is 0 Å². The molecule has 16 heteroatoms. The van der Waals surface area contributed by atoms with Gasteiger partial charge in [-0.15, -0.1) is 0 Å². The predicted octanol–water partition coefficient (Wildman–Crippen LogP) is 7.83. The van der Waals surface area contributed by atoms with Crippen LogP contribution in [0.4, 0.5) is 0 Å². The first-order valence-electron chi connectivity index (χ1n) is 20.5. The molecule has 0 spiro atoms. The molecule has 6 aromatic carbocycles. The van der Waals surface area contributed by atoms with E-state index in [9.17, 15) is 39.6 Å². The van der Waals surface area contributed by atoms with Gasteiger partial charge >= 0.3 is 11.9 Å². The lowest BCUT2D eigenvalue weighted by Crippen LogP contribution is -2.23. The Morgan fingerprint density at radius 1 is 0.462 bits per heavy atom. The van der Waals surface area contributed by atoms with E-state index >= 15 is 0 Å². The summed E-state index contributed by atoms with van der Waals surface area (Å²) in [6.45, 7) is 0. The van der Waals surface area contributed by atoms with Crippen molar-refractivity contribution < 1.29 is 54.7 Å². The van der Waals surface area contributed by atoms with Crippen LogP contribution in [0.5, 0.6) is 0 Å². The lowest BCUT2D eigenvalue weighted by Gasteiger charge is -2.18. The number of carbonyl (C=O) groups is 3. The molecule has 9 rings (SSSR count). The maximum Gasteiger partial charge on any atom is 0.306 e. The van der Waals surface area contributed by atoms with Gasteiger partial charge in [-0.25, -0.2) is 30.7 Å². The monoisotopic (exact) mass is 935 g/mol. The van der Waals surface area contributed by atoms with Crippen LogP contribution in [0.25, 0.3) is 0 Å². The Bertz CT molecular complexity index is 2900. The molecule has 6 aromatic rings. The summed E-state index contributed by atoms with van der Waals surface area (Å²) in [7, 11) is -9.32. The Hall–Kier alpha value is -6.46. The number of fused-ring (bicyclic) bond motifs is 3. The average molecular weight is 936 g/mol. The second kappa shape index (κ2) is 19.3. The van der Waals surface area contributed by atoms with E-state index in [-0.39, 0.29) is 29.1 Å². The largest absolute Gasteiger partial charge is 0.481 e. The highest BCUT2D eigenvalue weighted by Gasteiger charge is 2.48. The summed E-state index contributed by atoms with van der Waals surface area (Å²) in [5.41, 5.74) is 5.50. The molecule has 336 valence electrons. The fourth-order valence-corrected chi connectivity index (χ4v) is 16.0. The minimum Gasteiger partial charge on any atom is -0.481 e. The van der Waals surface area contributed by atoms with E-state index in [1.807, 2.05) is 30.3 Å². The summed E-state index contributed by atoms with van der Waals surface area (Å²) < 4.78 is 81.9. The summed E-state index contributed by atoms with van der Waals surface area (Å²) in [5.74, 6) is -3.48. The Balaban J connectivity index is 0.000000145. The number of hydroxylamine groups is 1. The first kappa shape index (κ1) is 46.5. The quantitative estimate of drug-likeness (QED) is 0.0719. The standard InChI is InChI=1S/C17H16O4S.C16H15NO4S.C16H14O4S/c1-21-16(18)11-14-13-9-5-6-10-15(13)22(19,20)17(14)12-7-3-2-4-8-12;18-15(17-19)10-13-12-8-4-5-9-14(12)22(20,21)16(13)11-6-2-1-3-7-11;17-15(18)10-13-12-8-4-5-9-14(12)21(19,20)16(13)11-6-2-1-3-7-11/h2-10,14,17H,11H2,1H3;1-9,13,16,19H,10H2,(H,17,18);1-9,13,16H,10H2,(H,17,18). The molecule has 1 amide bonds. The summed E-state index contributed by atoms with van der Waals surface area (Å²) in [4.78, 5) is 35.4. The van der Waals surface area contributed by atoms with Gasteiger partial charge in [0.1, 0.15) is 0 Å². The maximum atomic E-state index is 12.9. The molecule has 0 aliphatic carbocycles. The molecule has 0 radical (unpaired) electrons. The van der Waals surface area contributed by atoms with Crippen molar-refractivity contribution in [2.75, 3.05) is 7.11 Å². The number of hydrogen-bond donors (Lipinski definition) is 3. The SMILES string of the molecule is COC(=O)CC1c2ccccc2S(=O)(=O)C1c1ccccc1.O=C(CC1c2ccccc2S(=O)(=O)C1c1ccccc1)NO.O=C(O)CC1c2ccccc2S(=O)(=O)C1c1ccccc1. The highest BCUT2D eigenvalue weighted by molar-refractivity contribution is 7.92. The van der Waals surface area contributed by atoms with Crippen LogP contribution in [0.3, 0.4) is 0 Å². The number of sulfone groups is 3. The number of methoxy groups -OCH3 is 1. The molecule has 0 bridgehead atoms. The molecule has 6 atom stereocenters. The van der Waals surface area contributed by atoms with Crippen LogP contribution in [0.15, 0.2) is 178 Å². The van der Waals surface area contributed by atoms with E-state index in [2.05, 4.69) is 0 Å². The number of nitrogens with one attached hydrogen (secondary N) is 1. The number of rotatable bonds is 9. The summed E-state index contributed by atoms with van der Waals surface area (Å²) >= 11 is 0. The fraction of sp³-hybridized carbons (Fsp3) is 0.204. The van der Waals surface area contributed by atoms with Gasteiger partial charge in [-0.3, -0.25) is 19.6 Å². The summed E-state index contributed by atoms with van der Waals surface area (Å²) in [6, 6.07) is 47.0. The summed E-state index contributed by atoms with van der Waals surface area (Å²) in [6.07, 6.45) is -0.242. The molecular formula is C49H45NO12S3. The first-order valence-corrected chi connectivity index (χ1v) is 25.1. The van der Waals surface area contributed by atoms with Gasteiger partial charge in [0.2, 0.25) is 5.91 Å². The van der Waals surface area contributed by atoms with E-state index in [0.717, 1.165) is 0 Å². The Labute approximate surface area is 377 Å². The van der Waals surface area contributed by atoms with Crippen molar-refractivity contribution in [1.29, 1.82) is 0 Å². The van der Waals surface area contributed by atoms with Crippen LogP contribution in [0.1, 0.15) is 86.1 Å². The maximum absolute atomic E-state index is 12.9. The van der Waals surface area contributed by atoms with Gasteiger partial charge in [-0.2, -0.15) is 0 Å². The van der Waals surface area contributed by atoms with Gasteiger partial charge in [0.25, 0.3) is 0 Å². The Kier molecular flexibility index (Phi) is 13.8. The van der Waals surface area contributed by atoms with Gasteiger partial charge in [0.15, 0.2) is 29.5 Å². The van der Waals surface area contributed by atoms with Gasteiger partial charge in [-0.05, 0) is 51.6 Å². The van der Waals surface area contributed by atoms with Crippen LogP contribution >= 0.6 is 0 Å². The molecule has 3 aliphatic rings. The average Bonchev–Trinajstić information content (AvgIpc) is 3.78. The van der Waals surface area contributed by atoms with Crippen molar-refractivity contribution in [3.05, 3.63) is 197 Å². The van der Waals surface area contributed by atoms with Crippen molar-refractivity contribution >= 4 is 47.4 Å². The third-order valence-corrected chi connectivity index (χ3v) is 18.7. The normalized spacial score (nSPS) is 22.2. The fourth-order valence-electron chi connectivity index (χ4n) is 9.20. The topological polar surface area (TPSA) is 215 Å². The minimum absolute atomic E-state index is 0.0479. The van der Waals surface area contributed by atoms with E-state index in [1.54, 1.807) is 139 Å². The molecule has 0 saturated heterocycles. The van der Waals surface area contributed by atoms with Crippen molar-refractivity contribution in [2.24, 2.45) is 0 Å². The third kappa shape index (κ3) is 9.25. The molecule has 0 saturated carbocycles. The smallest absolute Gasteiger partial charge is 0.306 e. The van der Waals surface area contributed by atoms with Crippen LogP contribution in [-0.2, 0) is 48.6 Å². The van der Waals surface area contributed by atoms with E-state index in [0.29, 0.717) is 38.3 Å². The second-order valence-corrected chi connectivity index (χ2v) is 21.8. The predicted molar refractivity (Wildman–Crippen MR) is 240 cm³/mol. The molecule has 13 nitrogen and oxygen atoms in total. The van der Waals surface area contributed by atoms with Crippen LogP contribution in [0.2, 0.25) is 0 Å². The Morgan fingerprint density at radius 2 is 0.754 bits per heavy atom. The molecule has 65 heavy (non-hydrogen) atoms. The molecule has 3 heterocycles. The van der Waals surface area contributed by atoms with E-state index < -0.39 is 80.9 Å². The molecular weight excluding hydrogens is 891 g/mol. The van der Waals surface area contributed by atoms with Gasteiger partial charge < -0.3 is 9.84 Å². The lowest BCUT2D eigenvalue weighted by molar-refractivity contribution is -0.141. The van der Waals surface area contributed by atoms with Crippen LogP contribution < -0.4 is 5.48 Å². The van der Waals surface area contributed by atoms with Crippen molar-refractivity contribution in [2.45, 2.75) is 67.5 Å². The number of ether oxygens (including phenoxy) is 1. The zero-order chi connectivity index (χ0) is 46.5. The number of esters is 1. The zero-order valence-corrected chi connectivity index (χ0v) is 37.3. The molecule has 6 unspecified atom stereocenters. The van der Waals surface area contributed by atoms with Crippen LogP contribution in [0, 0.1) is 0 Å². The highest BCUT2D eigenvalue weighted by atomic mass is 32.2. The number of carboxylic acids is 1. The number of benzene rings is 6. The van der Waals surface area contributed by atoms with E-state index in [1.165, 1.54) is 7.11 Å². The number of carbonyl (C=O) groups excluding carboxylic acids is 2. The Morgan fingerprint density at radius 3 is 1.06 bits per heavy atom. The molecule has 3 N–H and O–H groups in total. The van der Waals surface area contributed by atoms with Gasteiger partial charge in [0.05, 0.1) is 50.4 Å². The van der Waals surface area contributed by atoms with Gasteiger partial charge in [0, 0.05) is 24.2 Å². The number of hydrogen-bond acceptors (Lipinski definition) is 11. The second-order valence-electron chi connectivity index (χ2n) is 15.7. The lowest BCUT2D eigenvalue weighted by atomic mass is 9.89. The van der Waals surface area contributed by atoms with Crippen molar-refractivity contribution in [3.8, 4) is 0 Å². The highest BCUT2D eigenvalue weighted by Crippen LogP contribution is 2.53. The summed E-state index contributed by atoms with van der Waals surface area (Å²) in [5, 5.41) is 15.5. The number of amides is 1. The minimum atomic E-state index is -3.56. The van der Waals surface area contributed by atoms with E-state index in [4.69, 9.17) is 15.1 Å². The third-order valence-electron chi connectivity index (χ3n) is 11.9. The first-order chi connectivity index (χ1) is 31.1. The number of carboxylic acid groups (broad SMARTS) is 1. The molecule has 0 aromatic heterocycles. The zero-order valence-electron chi connectivity index (χ0n) is 34.9. The number of aliphatic carboxylic acids is 1. The van der Waals surface area contributed by atoms with Crippen molar-refractivity contribution in [1.82, 2.24) is 5.48 Å².